The highest BCUT2D eigenvalue weighted by Crippen LogP contribution is 2.40. The van der Waals surface area contributed by atoms with Crippen LogP contribution in [0.1, 0.15) is 12.5 Å². The molecule has 1 aromatic carbocycles. The van der Waals surface area contributed by atoms with Crippen LogP contribution in [0.2, 0.25) is 0 Å². The van der Waals surface area contributed by atoms with Crippen LogP contribution in [0.25, 0.3) is 0 Å². The van der Waals surface area contributed by atoms with Crippen molar-refractivity contribution in [3.8, 4) is 5.75 Å². The molecule has 1 N–H and O–H groups in total. The van der Waals surface area contributed by atoms with Gasteiger partial charge >= 0.3 is 0 Å². The van der Waals surface area contributed by atoms with Crippen LogP contribution < -0.4 is 4.74 Å². The topological polar surface area (TPSA) is 32.7 Å². The van der Waals surface area contributed by atoms with Crippen molar-refractivity contribution in [2.45, 2.75) is 19.4 Å². The van der Waals surface area contributed by atoms with E-state index >= 15 is 0 Å². The molecule has 0 unspecified atom stereocenters. The SMILES string of the molecule is COc1c(Br)cc(Br)c(CCN(C)C[C@H](C)O)c1Br. The number of hydrogen-bond donors (Lipinski definition) is 1. The Morgan fingerprint density at radius 3 is 2.47 bits per heavy atom. The Kier molecular flexibility index (Phi) is 7.32. The van der Waals surface area contributed by atoms with E-state index in [1.807, 2.05) is 13.1 Å². The molecule has 0 bridgehead atoms. The van der Waals surface area contributed by atoms with Crippen LogP contribution in [0.15, 0.2) is 19.5 Å². The number of methoxy groups -OCH3 is 1. The zero-order chi connectivity index (χ0) is 14.6. The first-order valence-electron chi connectivity index (χ1n) is 5.93. The van der Waals surface area contributed by atoms with E-state index in [0.29, 0.717) is 6.54 Å². The minimum absolute atomic E-state index is 0.309. The number of nitrogens with zero attached hydrogens (tertiary/aromatic N) is 1. The summed E-state index contributed by atoms with van der Waals surface area (Å²) in [6, 6.07) is 1.99. The minimum Gasteiger partial charge on any atom is -0.494 e. The van der Waals surface area contributed by atoms with Crippen molar-refractivity contribution in [1.82, 2.24) is 4.90 Å². The lowest BCUT2D eigenvalue weighted by Gasteiger charge is -2.20. The third kappa shape index (κ3) is 5.01. The van der Waals surface area contributed by atoms with Gasteiger partial charge in [0.15, 0.2) is 0 Å². The van der Waals surface area contributed by atoms with E-state index in [9.17, 15) is 5.11 Å². The average molecular weight is 460 g/mol. The summed E-state index contributed by atoms with van der Waals surface area (Å²) < 4.78 is 8.29. The van der Waals surface area contributed by atoms with E-state index in [1.54, 1.807) is 14.0 Å². The van der Waals surface area contributed by atoms with E-state index < -0.39 is 0 Å². The maximum atomic E-state index is 9.36. The second-order valence-electron chi connectivity index (χ2n) is 4.53. The van der Waals surface area contributed by atoms with Crippen LogP contribution in [0.4, 0.5) is 0 Å². The maximum Gasteiger partial charge on any atom is 0.147 e. The molecule has 0 fully saturated rings. The summed E-state index contributed by atoms with van der Waals surface area (Å²) >= 11 is 10.6. The largest absolute Gasteiger partial charge is 0.494 e. The third-order valence-corrected chi connectivity index (χ3v) is 4.88. The van der Waals surface area contributed by atoms with Gasteiger partial charge in [0.1, 0.15) is 5.75 Å². The van der Waals surface area contributed by atoms with Gasteiger partial charge in [-0.2, -0.15) is 0 Å². The Balaban J connectivity index is 2.84. The van der Waals surface area contributed by atoms with Gasteiger partial charge in [0.25, 0.3) is 0 Å². The average Bonchev–Trinajstić information content (AvgIpc) is 2.27. The van der Waals surface area contributed by atoms with Crippen molar-refractivity contribution in [1.29, 1.82) is 0 Å². The lowest BCUT2D eigenvalue weighted by Crippen LogP contribution is -2.29. The molecule has 1 atom stereocenters. The first-order valence-corrected chi connectivity index (χ1v) is 8.31. The number of ether oxygens (including phenoxy) is 1. The molecule has 0 amide bonds. The summed E-state index contributed by atoms with van der Waals surface area (Å²) in [5.74, 6) is 0.802. The fraction of sp³-hybridized carbons (Fsp3) is 0.538. The standard InChI is InChI=1S/C13H18Br3NO2/c1-8(18)7-17(2)5-4-9-10(14)6-11(15)13(19-3)12(9)16/h6,8,18H,4-5,7H2,1-3H3/t8-/m0/s1. The summed E-state index contributed by atoms with van der Waals surface area (Å²) in [7, 11) is 3.66. The molecule has 1 rings (SSSR count). The highest BCUT2D eigenvalue weighted by atomic mass is 79.9. The molecule has 3 nitrogen and oxygen atoms in total. The van der Waals surface area contributed by atoms with Gasteiger partial charge in [0, 0.05) is 17.6 Å². The van der Waals surface area contributed by atoms with Gasteiger partial charge in [-0.15, -0.1) is 0 Å². The first-order chi connectivity index (χ1) is 8.86. The number of hydrogen-bond acceptors (Lipinski definition) is 3. The van der Waals surface area contributed by atoms with Crippen LogP contribution in [-0.2, 0) is 6.42 Å². The molecule has 0 spiro atoms. The molecule has 0 radical (unpaired) electrons. The van der Waals surface area contributed by atoms with Crippen LogP contribution in [0.3, 0.4) is 0 Å². The molecule has 0 aromatic heterocycles. The third-order valence-electron chi connectivity index (χ3n) is 2.75. The van der Waals surface area contributed by atoms with Gasteiger partial charge in [-0.3, -0.25) is 0 Å². The second-order valence-corrected chi connectivity index (χ2v) is 7.03. The second kappa shape index (κ2) is 7.98. The molecule has 1 aromatic rings. The van der Waals surface area contributed by atoms with Crippen LogP contribution >= 0.6 is 47.8 Å². The highest BCUT2D eigenvalue weighted by Gasteiger charge is 2.15. The van der Waals surface area contributed by atoms with Crippen molar-refractivity contribution in [2.24, 2.45) is 0 Å². The lowest BCUT2D eigenvalue weighted by molar-refractivity contribution is 0.142. The number of benzene rings is 1. The molecule has 0 saturated heterocycles. The van der Waals surface area contributed by atoms with Crippen LogP contribution in [0.5, 0.6) is 5.75 Å². The maximum absolute atomic E-state index is 9.36. The normalized spacial score (nSPS) is 12.8. The van der Waals surface area contributed by atoms with E-state index in [1.165, 1.54) is 0 Å². The van der Waals surface area contributed by atoms with Crippen LogP contribution in [-0.4, -0.2) is 43.4 Å². The van der Waals surface area contributed by atoms with E-state index in [-0.39, 0.29) is 6.10 Å². The molecule has 19 heavy (non-hydrogen) atoms. The summed E-state index contributed by atoms with van der Waals surface area (Å²) in [6.45, 7) is 3.33. The number of aliphatic hydroxyl groups is 1. The van der Waals surface area contributed by atoms with Gasteiger partial charge in [0.05, 0.1) is 22.2 Å². The molecule has 6 heteroatoms. The Morgan fingerprint density at radius 1 is 1.32 bits per heavy atom. The zero-order valence-corrected chi connectivity index (χ0v) is 16.0. The van der Waals surface area contributed by atoms with E-state index in [2.05, 4.69) is 52.7 Å². The van der Waals surface area contributed by atoms with Gasteiger partial charge in [-0.1, -0.05) is 15.9 Å². The number of aliphatic hydroxyl groups excluding tert-OH is 1. The van der Waals surface area contributed by atoms with Crippen molar-refractivity contribution in [2.75, 3.05) is 27.2 Å². The number of likely N-dealkylation sites (N-methyl/N-ethyl adjacent to an activating group) is 1. The predicted octanol–water partition coefficient (Wildman–Crippen LogP) is 3.84. The van der Waals surface area contributed by atoms with E-state index in [0.717, 1.165) is 37.7 Å². The summed E-state index contributed by atoms with van der Waals surface area (Å²) in [4.78, 5) is 2.11. The predicted molar refractivity (Wildman–Crippen MR) is 89.0 cm³/mol. The Morgan fingerprint density at radius 2 is 1.95 bits per heavy atom. The smallest absolute Gasteiger partial charge is 0.147 e. The Bertz CT molecular complexity index is 438. The van der Waals surface area contributed by atoms with Crippen molar-refractivity contribution >= 4 is 47.8 Å². The summed E-state index contributed by atoms with van der Waals surface area (Å²) in [5, 5.41) is 9.36. The molecule has 0 heterocycles. The van der Waals surface area contributed by atoms with Crippen molar-refractivity contribution < 1.29 is 9.84 Å². The molecule has 0 aliphatic heterocycles. The molecular weight excluding hydrogens is 442 g/mol. The van der Waals surface area contributed by atoms with Crippen LogP contribution in [0, 0.1) is 0 Å². The monoisotopic (exact) mass is 457 g/mol. The molecule has 0 aliphatic rings. The zero-order valence-electron chi connectivity index (χ0n) is 11.2. The Labute approximate surface area is 139 Å². The quantitative estimate of drug-likeness (QED) is 0.701. The summed E-state index contributed by atoms with van der Waals surface area (Å²) in [5.41, 5.74) is 1.16. The van der Waals surface area contributed by atoms with Gasteiger partial charge in [-0.05, 0) is 63.9 Å². The molecule has 0 saturated carbocycles. The first kappa shape index (κ1) is 17.4. The lowest BCUT2D eigenvalue weighted by atomic mass is 10.1. The fourth-order valence-corrected chi connectivity index (χ4v) is 4.71. The Hall–Kier alpha value is 0.380. The van der Waals surface area contributed by atoms with Crippen molar-refractivity contribution in [3.05, 3.63) is 25.0 Å². The highest BCUT2D eigenvalue weighted by molar-refractivity contribution is 9.11. The van der Waals surface area contributed by atoms with Gasteiger partial charge < -0.3 is 14.7 Å². The van der Waals surface area contributed by atoms with E-state index in [4.69, 9.17) is 4.74 Å². The minimum atomic E-state index is -0.309. The number of rotatable bonds is 6. The number of halogens is 3. The molecule has 108 valence electrons. The van der Waals surface area contributed by atoms with Crippen molar-refractivity contribution in [3.63, 3.8) is 0 Å². The van der Waals surface area contributed by atoms with Gasteiger partial charge in [0.2, 0.25) is 0 Å². The summed E-state index contributed by atoms with van der Waals surface area (Å²) in [6.07, 6.45) is 0.560. The molecular formula is C13H18Br3NO2. The van der Waals surface area contributed by atoms with Gasteiger partial charge in [-0.25, -0.2) is 0 Å². The molecule has 0 aliphatic carbocycles. The fourth-order valence-electron chi connectivity index (χ4n) is 1.87.